The van der Waals surface area contributed by atoms with Gasteiger partial charge in [-0.3, -0.25) is 4.79 Å². The lowest BCUT2D eigenvalue weighted by atomic mass is 9.84. The Balaban J connectivity index is 2.15. The van der Waals surface area contributed by atoms with E-state index in [1.165, 1.54) is 18.6 Å². The van der Waals surface area contributed by atoms with Crippen molar-refractivity contribution >= 4 is 5.78 Å². The van der Waals surface area contributed by atoms with Gasteiger partial charge in [0.2, 0.25) is 0 Å². The minimum absolute atomic E-state index is 0.275. The van der Waals surface area contributed by atoms with Crippen LogP contribution in [0.25, 0.3) is 0 Å². The first kappa shape index (κ1) is 13.2. The fourth-order valence-electron chi connectivity index (χ4n) is 2.67. The Bertz CT molecular complexity index is 448. The van der Waals surface area contributed by atoms with E-state index < -0.39 is 11.6 Å². The van der Waals surface area contributed by atoms with Crippen LogP contribution in [-0.2, 0) is 0 Å². The summed E-state index contributed by atoms with van der Waals surface area (Å²) in [5.41, 5.74) is -0.0241. The molecule has 98 valence electrons. The average molecular weight is 252 g/mol. The zero-order valence-corrected chi connectivity index (χ0v) is 10.6. The number of hydrogen-bond donors (Lipinski definition) is 0. The Morgan fingerprint density at radius 2 is 1.89 bits per heavy atom. The zero-order valence-electron chi connectivity index (χ0n) is 10.6. The van der Waals surface area contributed by atoms with Gasteiger partial charge in [-0.15, -0.1) is 0 Å². The quantitative estimate of drug-likeness (QED) is 0.727. The highest BCUT2D eigenvalue weighted by Gasteiger charge is 2.23. The summed E-state index contributed by atoms with van der Waals surface area (Å²) >= 11 is 0. The molecule has 0 unspecified atom stereocenters. The predicted molar refractivity (Wildman–Crippen MR) is 66.6 cm³/mol. The van der Waals surface area contributed by atoms with Crippen LogP contribution in [0.5, 0.6) is 0 Å². The molecule has 0 bridgehead atoms. The van der Waals surface area contributed by atoms with Crippen LogP contribution in [0, 0.1) is 24.5 Å². The molecule has 0 spiro atoms. The van der Waals surface area contributed by atoms with Crippen molar-refractivity contribution in [2.24, 2.45) is 5.92 Å². The molecular weight excluding hydrogens is 234 g/mol. The maximum Gasteiger partial charge on any atom is 0.169 e. The molecule has 1 aliphatic carbocycles. The third-order valence-electron chi connectivity index (χ3n) is 3.76. The van der Waals surface area contributed by atoms with Gasteiger partial charge in [0, 0.05) is 6.42 Å². The van der Waals surface area contributed by atoms with Crippen LogP contribution in [-0.4, -0.2) is 5.78 Å². The molecule has 0 radical (unpaired) electrons. The average Bonchev–Trinajstić information content (AvgIpc) is 2.36. The van der Waals surface area contributed by atoms with Gasteiger partial charge in [-0.25, -0.2) is 8.78 Å². The van der Waals surface area contributed by atoms with E-state index in [2.05, 4.69) is 0 Å². The van der Waals surface area contributed by atoms with Gasteiger partial charge in [0.1, 0.15) is 11.6 Å². The molecule has 0 atom stereocenters. The number of carbonyl (C=O) groups excluding carboxylic acids is 1. The van der Waals surface area contributed by atoms with Gasteiger partial charge in [-0.05, 0) is 24.5 Å². The number of hydrogen-bond acceptors (Lipinski definition) is 1. The second-order valence-corrected chi connectivity index (χ2v) is 5.18. The van der Waals surface area contributed by atoms with Crippen LogP contribution in [0.4, 0.5) is 8.78 Å². The molecular formula is C15H18F2O. The Morgan fingerprint density at radius 3 is 2.56 bits per heavy atom. The van der Waals surface area contributed by atoms with Crippen molar-refractivity contribution in [3.8, 4) is 0 Å². The Kier molecular flexibility index (Phi) is 4.10. The molecule has 18 heavy (non-hydrogen) atoms. The number of Topliss-reactive ketones (excluding diaryl/α,β-unsaturated/α-hetero) is 1. The Labute approximate surface area is 106 Å². The third-order valence-corrected chi connectivity index (χ3v) is 3.76. The highest BCUT2D eigenvalue weighted by molar-refractivity contribution is 5.96. The van der Waals surface area contributed by atoms with E-state index >= 15 is 0 Å². The molecule has 0 heterocycles. The summed E-state index contributed by atoms with van der Waals surface area (Å²) in [6.07, 6.45) is 5.73. The summed E-state index contributed by atoms with van der Waals surface area (Å²) in [6.45, 7) is 1.55. The maximum absolute atomic E-state index is 13.8. The van der Waals surface area contributed by atoms with Gasteiger partial charge in [0.15, 0.2) is 5.78 Å². The van der Waals surface area contributed by atoms with Crippen molar-refractivity contribution in [2.45, 2.75) is 45.4 Å². The molecule has 0 aliphatic heterocycles. The number of halogens is 2. The molecule has 0 aromatic heterocycles. The largest absolute Gasteiger partial charge is 0.294 e. The minimum atomic E-state index is -0.737. The predicted octanol–water partition coefficient (Wildman–Crippen LogP) is 4.43. The van der Waals surface area contributed by atoms with Crippen LogP contribution in [0.2, 0.25) is 0 Å². The standard InChI is InChI=1S/C15H18F2O/c1-10-7-8-12(16)14(15(10)17)13(18)9-11-5-3-2-4-6-11/h7-8,11H,2-6,9H2,1H3. The summed E-state index contributed by atoms with van der Waals surface area (Å²) in [5.74, 6) is -1.53. The van der Waals surface area contributed by atoms with Gasteiger partial charge in [0.25, 0.3) is 0 Å². The molecule has 1 aliphatic rings. The van der Waals surface area contributed by atoms with Crippen LogP contribution < -0.4 is 0 Å². The fraction of sp³-hybridized carbons (Fsp3) is 0.533. The highest BCUT2D eigenvalue weighted by Crippen LogP contribution is 2.28. The minimum Gasteiger partial charge on any atom is -0.294 e. The number of rotatable bonds is 3. The lowest BCUT2D eigenvalue weighted by molar-refractivity contribution is 0.0941. The molecule has 0 amide bonds. The molecule has 1 saturated carbocycles. The van der Waals surface area contributed by atoms with E-state index in [1.54, 1.807) is 6.92 Å². The van der Waals surface area contributed by atoms with E-state index in [0.717, 1.165) is 25.7 Å². The maximum atomic E-state index is 13.8. The molecule has 0 saturated heterocycles. The Hall–Kier alpha value is -1.25. The smallest absolute Gasteiger partial charge is 0.169 e. The van der Waals surface area contributed by atoms with Crippen molar-refractivity contribution in [1.29, 1.82) is 0 Å². The van der Waals surface area contributed by atoms with Crippen molar-refractivity contribution in [3.63, 3.8) is 0 Å². The molecule has 3 heteroatoms. The lowest BCUT2D eigenvalue weighted by Crippen LogP contribution is -2.15. The summed E-state index contributed by atoms with van der Waals surface area (Å²) in [4.78, 5) is 12.0. The van der Waals surface area contributed by atoms with Crippen LogP contribution in [0.15, 0.2) is 12.1 Å². The fourth-order valence-corrected chi connectivity index (χ4v) is 2.67. The van der Waals surface area contributed by atoms with E-state index in [1.807, 2.05) is 0 Å². The third kappa shape index (κ3) is 2.77. The first-order valence-corrected chi connectivity index (χ1v) is 6.57. The molecule has 2 rings (SSSR count). The van der Waals surface area contributed by atoms with Crippen LogP contribution in [0.1, 0.15) is 54.4 Å². The summed E-state index contributed by atoms with van der Waals surface area (Å²) in [6, 6.07) is 2.54. The first-order chi connectivity index (χ1) is 8.59. The number of benzene rings is 1. The summed E-state index contributed by atoms with van der Waals surface area (Å²) in [5, 5.41) is 0. The molecule has 0 N–H and O–H groups in total. The number of aryl methyl sites for hydroxylation is 1. The monoisotopic (exact) mass is 252 g/mol. The zero-order chi connectivity index (χ0) is 13.1. The molecule has 1 nitrogen and oxygen atoms in total. The Morgan fingerprint density at radius 1 is 1.22 bits per heavy atom. The van der Waals surface area contributed by atoms with E-state index in [4.69, 9.17) is 0 Å². The normalized spacial score (nSPS) is 16.8. The summed E-state index contributed by atoms with van der Waals surface area (Å²) < 4.78 is 27.4. The second-order valence-electron chi connectivity index (χ2n) is 5.18. The molecule has 1 aromatic rings. The van der Waals surface area contributed by atoms with Gasteiger partial charge >= 0.3 is 0 Å². The van der Waals surface area contributed by atoms with E-state index in [9.17, 15) is 13.6 Å². The SMILES string of the molecule is Cc1ccc(F)c(C(=O)CC2CCCCC2)c1F. The van der Waals surface area contributed by atoms with Gasteiger partial charge in [-0.2, -0.15) is 0 Å². The van der Waals surface area contributed by atoms with Crippen molar-refractivity contribution in [2.75, 3.05) is 0 Å². The molecule has 1 aromatic carbocycles. The van der Waals surface area contributed by atoms with Crippen molar-refractivity contribution in [1.82, 2.24) is 0 Å². The van der Waals surface area contributed by atoms with Gasteiger partial charge < -0.3 is 0 Å². The number of carbonyl (C=O) groups is 1. The van der Waals surface area contributed by atoms with Crippen molar-refractivity contribution in [3.05, 3.63) is 34.9 Å². The van der Waals surface area contributed by atoms with Crippen LogP contribution in [0.3, 0.4) is 0 Å². The van der Waals surface area contributed by atoms with Crippen LogP contribution >= 0.6 is 0 Å². The van der Waals surface area contributed by atoms with Gasteiger partial charge in [-0.1, -0.05) is 38.2 Å². The topological polar surface area (TPSA) is 17.1 Å². The first-order valence-electron chi connectivity index (χ1n) is 6.57. The number of ketones is 1. The highest BCUT2D eigenvalue weighted by atomic mass is 19.1. The van der Waals surface area contributed by atoms with E-state index in [-0.39, 0.29) is 17.8 Å². The summed E-state index contributed by atoms with van der Waals surface area (Å²) in [7, 11) is 0. The lowest BCUT2D eigenvalue weighted by Gasteiger charge is -2.20. The molecule has 1 fully saturated rings. The van der Waals surface area contributed by atoms with Crippen molar-refractivity contribution < 1.29 is 13.6 Å². The van der Waals surface area contributed by atoms with E-state index in [0.29, 0.717) is 11.5 Å². The second kappa shape index (κ2) is 5.59. The van der Waals surface area contributed by atoms with Gasteiger partial charge in [0.05, 0.1) is 5.56 Å².